The number of aromatic nitrogens is 2. The van der Waals surface area contributed by atoms with Crippen LogP contribution in [0, 0.1) is 5.92 Å². The number of rotatable bonds is 4. The molecule has 0 saturated heterocycles. The number of aryl methyl sites for hydroxylation is 1. The lowest BCUT2D eigenvalue weighted by Gasteiger charge is -2.04. The van der Waals surface area contributed by atoms with E-state index < -0.39 is 0 Å². The first-order chi connectivity index (χ1) is 6.88. The standard InChI is InChI=1S/C10H17N3O/c11-7-9-12-10(14-13-9)6-5-8-3-1-2-4-8/h8H,1-7,11H2. The smallest absolute Gasteiger partial charge is 0.226 e. The molecule has 14 heavy (non-hydrogen) atoms. The molecule has 0 bridgehead atoms. The van der Waals surface area contributed by atoms with Crippen molar-refractivity contribution < 1.29 is 4.52 Å². The molecule has 2 rings (SSSR count). The van der Waals surface area contributed by atoms with Crippen LogP contribution in [0.5, 0.6) is 0 Å². The van der Waals surface area contributed by atoms with E-state index in [9.17, 15) is 0 Å². The maximum atomic E-state index is 5.40. The lowest BCUT2D eigenvalue weighted by Crippen LogP contribution is -1.99. The summed E-state index contributed by atoms with van der Waals surface area (Å²) in [7, 11) is 0. The van der Waals surface area contributed by atoms with Crippen LogP contribution in [0.4, 0.5) is 0 Å². The summed E-state index contributed by atoms with van der Waals surface area (Å²) in [5.74, 6) is 2.24. The highest BCUT2D eigenvalue weighted by Gasteiger charge is 2.16. The molecule has 1 aromatic heterocycles. The van der Waals surface area contributed by atoms with Crippen LogP contribution < -0.4 is 5.73 Å². The zero-order chi connectivity index (χ0) is 9.80. The minimum atomic E-state index is 0.368. The third kappa shape index (κ3) is 2.32. The molecule has 78 valence electrons. The maximum Gasteiger partial charge on any atom is 0.226 e. The monoisotopic (exact) mass is 195 g/mol. The van der Waals surface area contributed by atoms with E-state index >= 15 is 0 Å². The van der Waals surface area contributed by atoms with E-state index in [0.29, 0.717) is 12.4 Å². The quantitative estimate of drug-likeness (QED) is 0.793. The molecule has 0 amide bonds. The fraction of sp³-hybridized carbons (Fsp3) is 0.800. The molecule has 1 aliphatic carbocycles. The van der Waals surface area contributed by atoms with Crippen molar-refractivity contribution in [1.29, 1.82) is 0 Å². The van der Waals surface area contributed by atoms with Gasteiger partial charge in [-0.3, -0.25) is 0 Å². The lowest BCUT2D eigenvalue weighted by atomic mass is 10.0. The van der Waals surface area contributed by atoms with Crippen molar-refractivity contribution in [3.05, 3.63) is 11.7 Å². The highest BCUT2D eigenvalue weighted by Crippen LogP contribution is 2.28. The normalized spacial score (nSPS) is 17.8. The van der Waals surface area contributed by atoms with E-state index in [2.05, 4.69) is 10.1 Å². The molecule has 1 heterocycles. The van der Waals surface area contributed by atoms with Crippen LogP contribution in [0.3, 0.4) is 0 Å². The Labute approximate surface area is 83.9 Å². The molecule has 1 fully saturated rings. The minimum absolute atomic E-state index is 0.368. The van der Waals surface area contributed by atoms with E-state index in [-0.39, 0.29) is 0 Å². The second-order valence-corrected chi connectivity index (χ2v) is 4.00. The van der Waals surface area contributed by atoms with Gasteiger partial charge in [0, 0.05) is 6.42 Å². The third-order valence-electron chi connectivity index (χ3n) is 2.93. The molecular formula is C10H17N3O. The molecule has 2 N–H and O–H groups in total. The van der Waals surface area contributed by atoms with Gasteiger partial charge in [-0.15, -0.1) is 0 Å². The Morgan fingerprint density at radius 1 is 1.36 bits per heavy atom. The largest absolute Gasteiger partial charge is 0.339 e. The van der Waals surface area contributed by atoms with Gasteiger partial charge < -0.3 is 10.3 Å². The summed E-state index contributed by atoms with van der Waals surface area (Å²) in [6.07, 6.45) is 7.63. The van der Waals surface area contributed by atoms with Gasteiger partial charge in [0.2, 0.25) is 5.89 Å². The summed E-state index contributed by atoms with van der Waals surface area (Å²) < 4.78 is 5.07. The molecule has 4 nitrogen and oxygen atoms in total. The van der Waals surface area contributed by atoms with Gasteiger partial charge >= 0.3 is 0 Å². The van der Waals surface area contributed by atoms with Crippen molar-refractivity contribution in [2.75, 3.05) is 0 Å². The van der Waals surface area contributed by atoms with Gasteiger partial charge in [-0.1, -0.05) is 30.8 Å². The van der Waals surface area contributed by atoms with Crippen LogP contribution in [0.25, 0.3) is 0 Å². The van der Waals surface area contributed by atoms with Crippen LogP contribution in [-0.2, 0) is 13.0 Å². The first-order valence-corrected chi connectivity index (χ1v) is 5.40. The Hall–Kier alpha value is -0.900. The van der Waals surface area contributed by atoms with Crippen LogP contribution in [-0.4, -0.2) is 10.1 Å². The second-order valence-electron chi connectivity index (χ2n) is 4.00. The summed E-state index contributed by atoms with van der Waals surface area (Å²) in [4.78, 5) is 4.19. The fourth-order valence-electron chi connectivity index (χ4n) is 2.10. The molecule has 4 heteroatoms. The van der Waals surface area contributed by atoms with Gasteiger partial charge in [0.15, 0.2) is 5.82 Å². The summed E-state index contributed by atoms with van der Waals surface area (Å²) in [6.45, 7) is 0.368. The summed E-state index contributed by atoms with van der Waals surface area (Å²) in [6, 6.07) is 0. The number of hydrogen-bond donors (Lipinski definition) is 1. The second kappa shape index (κ2) is 4.55. The van der Waals surface area contributed by atoms with Crippen molar-refractivity contribution in [2.24, 2.45) is 11.7 Å². The number of nitrogens with zero attached hydrogens (tertiary/aromatic N) is 2. The zero-order valence-corrected chi connectivity index (χ0v) is 8.41. The number of hydrogen-bond acceptors (Lipinski definition) is 4. The number of nitrogens with two attached hydrogens (primary N) is 1. The fourth-order valence-corrected chi connectivity index (χ4v) is 2.10. The van der Waals surface area contributed by atoms with Crippen molar-refractivity contribution in [3.63, 3.8) is 0 Å². The molecule has 0 spiro atoms. The molecule has 0 aliphatic heterocycles. The molecular weight excluding hydrogens is 178 g/mol. The molecule has 1 aliphatic rings. The Bertz CT molecular complexity index is 279. The minimum Gasteiger partial charge on any atom is -0.339 e. The predicted octanol–water partition coefficient (Wildman–Crippen LogP) is 1.65. The summed E-state index contributed by atoms with van der Waals surface area (Å²) in [5, 5.41) is 3.77. The van der Waals surface area contributed by atoms with E-state index in [1.165, 1.54) is 32.1 Å². The predicted molar refractivity (Wildman–Crippen MR) is 52.5 cm³/mol. The molecule has 0 atom stereocenters. The average Bonchev–Trinajstić information content (AvgIpc) is 2.86. The molecule has 0 unspecified atom stereocenters. The van der Waals surface area contributed by atoms with Gasteiger partial charge in [-0.2, -0.15) is 4.98 Å². The van der Waals surface area contributed by atoms with Crippen LogP contribution >= 0.6 is 0 Å². The van der Waals surface area contributed by atoms with Gasteiger partial charge in [0.1, 0.15) is 0 Å². The van der Waals surface area contributed by atoms with Gasteiger partial charge in [-0.05, 0) is 12.3 Å². The average molecular weight is 195 g/mol. The first kappa shape index (κ1) is 9.65. The van der Waals surface area contributed by atoms with Gasteiger partial charge in [0.05, 0.1) is 6.54 Å². The maximum absolute atomic E-state index is 5.40. The van der Waals surface area contributed by atoms with E-state index in [1.54, 1.807) is 0 Å². The molecule has 0 radical (unpaired) electrons. The molecule has 1 saturated carbocycles. The molecule has 0 aromatic carbocycles. The third-order valence-corrected chi connectivity index (χ3v) is 2.93. The van der Waals surface area contributed by atoms with E-state index in [0.717, 1.165) is 18.2 Å². The Morgan fingerprint density at radius 2 is 2.14 bits per heavy atom. The van der Waals surface area contributed by atoms with Crippen LogP contribution in [0.15, 0.2) is 4.52 Å². The topological polar surface area (TPSA) is 64.9 Å². The van der Waals surface area contributed by atoms with Crippen LogP contribution in [0.1, 0.15) is 43.8 Å². The van der Waals surface area contributed by atoms with Crippen molar-refractivity contribution in [2.45, 2.75) is 45.1 Å². The zero-order valence-electron chi connectivity index (χ0n) is 8.41. The van der Waals surface area contributed by atoms with Gasteiger partial charge in [0.25, 0.3) is 0 Å². The van der Waals surface area contributed by atoms with Crippen LogP contribution in [0.2, 0.25) is 0 Å². The highest BCUT2D eigenvalue weighted by molar-refractivity contribution is 4.86. The Balaban J connectivity index is 1.79. The highest BCUT2D eigenvalue weighted by atomic mass is 16.5. The summed E-state index contributed by atoms with van der Waals surface area (Å²) in [5.41, 5.74) is 5.40. The Morgan fingerprint density at radius 3 is 2.79 bits per heavy atom. The van der Waals surface area contributed by atoms with Crippen molar-refractivity contribution >= 4 is 0 Å². The lowest BCUT2D eigenvalue weighted by molar-refractivity contribution is 0.358. The first-order valence-electron chi connectivity index (χ1n) is 5.40. The SMILES string of the molecule is NCc1noc(CCC2CCCC2)n1. The van der Waals surface area contributed by atoms with E-state index in [4.69, 9.17) is 10.3 Å². The van der Waals surface area contributed by atoms with E-state index in [1.807, 2.05) is 0 Å². The Kier molecular flexibility index (Phi) is 3.14. The van der Waals surface area contributed by atoms with Crippen molar-refractivity contribution in [1.82, 2.24) is 10.1 Å². The van der Waals surface area contributed by atoms with Gasteiger partial charge in [-0.25, -0.2) is 0 Å². The summed E-state index contributed by atoms with van der Waals surface area (Å²) >= 11 is 0. The molecule has 1 aromatic rings. The van der Waals surface area contributed by atoms with Crippen molar-refractivity contribution in [3.8, 4) is 0 Å².